The van der Waals surface area contributed by atoms with Crippen LogP contribution in [-0.2, 0) is 4.79 Å². The number of carbonyl (C=O) groups excluding carboxylic acids is 1. The van der Waals surface area contributed by atoms with Crippen LogP contribution in [0.25, 0.3) is 0 Å². The minimum absolute atomic E-state index is 0. The molecule has 0 spiro atoms. The van der Waals surface area contributed by atoms with Gasteiger partial charge in [0.25, 0.3) is 5.91 Å². The molecule has 0 saturated heterocycles. The molecule has 1 amide bonds. The van der Waals surface area contributed by atoms with Gasteiger partial charge in [0, 0.05) is 10.7 Å². The molecule has 3 N–H and O–H groups in total. The summed E-state index contributed by atoms with van der Waals surface area (Å²) in [6, 6.07) is 7.18. The van der Waals surface area contributed by atoms with Crippen molar-refractivity contribution in [1.29, 1.82) is 0 Å². The normalized spacial score (nSPS) is 11.3. The molecule has 1 rings (SSSR count). The Morgan fingerprint density at radius 1 is 1.09 bits per heavy atom. The molecule has 0 aliphatic rings. The molecule has 0 saturated carbocycles. The first kappa shape index (κ1) is 23.7. The molecule has 1 unspecified atom stereocenters. The van der Waals surface area contributed by atoms with Gasteiger partial charge in [-0.25, -0.2) is 0 Å². The second kappa shape index (κ2) is 13.0. The Morgan fingerprint density at radius 3 is 2.14 bits per heavy atom. The van der Waals surface area contributed by atoms with E-state index in [1.807, 2.05) is 12.1 Å². The van der Waals surface area contributed by atoms with Gasteiger partial charge in [-0.05, 0) is 38.1 Å². The van der Waals surface area contributed by atoms with E-state index in [0.717, 1.165) is 31.9 Å². The van der Waals surface area contributed by atoms with Gasteiger partial charge in [-0.2, -0.15) is 0 Å². The summed E-state index contributed by atoms with van der Waals surface area (Å²) in [4.78, 5) is 14.7. The van der Waals surface area contributed by atoms with Gasteiger partial charge in [0.2, 0.25) is 0 Å². The first-order valence-electron chi connectivity index (χ1n) is 7.25. The SMILES string of the molecule is CC[NH+](CC)CC[NH+](C)CC(=O)Nc1ccc(Cl)cc1.[Cl-].[Cl-]. The maximum atomic E-state index is 11.9. The lowest BCUT2D eigenvalue weighted by molar-refractivity contribution is -0.943. The average Bonchev–Trinajstić information content (AvgIpc) is 2.42. The van der Waals surface area contributed by atoms with E-state index in [1.165, 1.54) is 4.90 Å². The molecule has 0 aliphatic carbocycles. The van der Waals surface area contributed by atoms with E-state index < -0.39 is 0 Å². The van der Waals surface area contributed by atoms with Crippen molar-refractivity contribution in [3.8, 4) is 0 Å². The Balaban J connectivity index is 0. The lowest BCUT2D eigenvalue weighted by atomic mass is 10.3. The minimum Gasteiger partial charge on any atom is -1.00 e. The number of amides is 1. The van der Waals surface area contributed by atoms with Gasteiger partial charge >= 0.3 is 0 Å². The zero-order valence-corrected chi connectivity index (χ0v) is 15.7. The fraction of sp³-hybridized carbons (Fsp3) is 0.533. The minimum atomic E-state index is 0. The van der Waals surface area contributed by atoms with E-state index >= 15 is 0 Å². The highest BCUT2D eigenvalue weighted by molar-refractivity contribution is 6.30. The third-order valence-corrected chi connectivity index (χ3v) is 3.75. The molecule has 0 aromatic heterocycles. The molecule has 128 valence electrons. The molecule has 0 radical (unpaired) electrons. The van der Waals surface area contributed by atoms with Crippen molar-refractivity contribution in [2.75, 3.05) is 45.1 Å². The highest BCUT2D eigenvalue weighted by atomic mass is 35.5. The van der Waals surface area contributed by atoms with Gasteiger partial charge in [0.1, 0.15) is 13.1 Å². The van der Waals surface area contributed by atoms with Gasteiger partial charge in [0.15, 0.2) is 6.54 Å². The summed E-state index contributed by atoms with van der Waals surface area (Å²) in [6.07, 6.45) is 0. The van der Waals surface area contributed by atoms with Crippen LogP contribution >= 0.6 is 11.6 Å². The van der Waals surface area contributed by atoms with Crippen LogP contribution < -0.4 is 39.9 Å². The number of halogens is 3. The highest BCUT2D eigenvalue weighted by Gasteiger charge is 2.12. The van der Waals surface area contributed by atoms with Crippen molar-refractivity contribution < 1.29 is 39.4 Å². The molecule has 1 aromatic carbocycles. The fourth-order valence-corrected chi connectivity index (χ4v) is 2.22. The van der Waals surface area contributed by atoms with Crippen molar-refractivity contribution in [3.63, 3.8) is 0 Å². The molecule has 0 aliphatic heterocycles. The molecule has 4 nitrogen and oxygen atoms in total. The number of carbonyl (C=O) groups is 1. The first-order chi connectivity index (χ1) is 9.55. The molecule has 0 bridgehead atoms. The Morgan fingerprint density at radius 2 is 1.64 bits per heavy atom. The van der Waals surface area contributed by atoms with Crippen LogP contribution in [0.15, 0.2) is 24.3 Å². The number of anilines is 1. The molecule has 1 atom stereocenters. The standard InChI is InChI=1S/C15H24ClN3O.2ClH/c1-4-19(5-2)11-10-18(3)12-15(20)17-14-8-6-13(16)7-9-14;;/h6-9H,4-5,10-12H2,1-3H3,(H,17,20);2*1H. The molecule has 0 heterocycles. The van der Waals surface area contributed by atoms with E-state index in [0.29, 0.717) is 11.6 Å². The van der Waals surface area contributed by atoms with Crippen molar-refractivity contribution in [2.45, 2.75) is 13.8 Å². The Labute approximate surface area is 151 Å². The third kappa shape index (κ3) is 9.49. The van der Waals surface area contributed by atoms with Crippen LogP contribution in [0.2, 0.25) is 5.02 Å². The lowest BCUT2D eigenvalue weighted by Crippen LogP contribution is -3.19. The molecular weight excluding hydrogens is 345 g/mol. The van der Waals surface area contributed by atoms with E-state index in [-0.39, 0.29) is 30.7 Å². The average molecular weight is 371 g/mol. The molecule has 7 heteroatoms. The maximum absolute atomic E-state index is 11.9. The molecule has 0 fully saturated rings. The zero-order valence-electron chi connectivity index (χ0n) is 13.4. The third-order valence-electron chi connectivity index (χ3n) is 3.50. The summed E-state index contributed by atoms with van der Waals surface area (Å²) in [7, 11) is 2.06. The summed E-state index contributed by atoms with van der Waals surface area (Å²) in [5, 5.41) is 3.56. The number of quaternary nitrogens is 2. The topological polar surface area (TPSA) is 38.0 Å². The van der Waals surface area contributed by atoms with Gasteiger partial charge in [-0.15, -0.1) is 0 Å². The van der Waals surface area contributed by atoms with Gasteiger partial charge in [-0.1, -0.05) is 11.6 Å². The number of hydrogen-bond donors (Lipinski definition) is 3. The summed E-state index contributed by atoms with van der Waals surface area (Å²) in [5.41, 5.74) is 0.793. The largest absolute Gasteiger partial charge is 1.00 e. The quantitative estimate of drug-likeness (QED) is 0.419. The number of benzene rings is 1. The number of rotatable bonds is 8. The van der Waals surface area contributed by atoms with Crippen LogP contribution in [0.4, 0.5) is 5.69 Å². The predicted molar refractivity (Wildman–Crippen MR) is 83.6 cm³/mol. The van der Waals surface area contributed by atoms with Gasteiger partial charge in [-0.3, -0.25) is 4.79 Å². The second-order valence-corrected chi connectivity index (χ2v) is 5.58. The van der Waals surface area contributed by atoms with E-state index in [4.69, 9.17) is 11.6 Å². The Kier molecular flexibility index (Phi) is 14.0. The number of likely N-dealkylation sites (N-methyl/N-ethyl adjacent to an activating group) is 2. The molecular formula is C15H26Cl3N3O. The van der Waals surface area contributed by atoms with Gasteiger partial charge < -0.3 is 39.9 Å². The molecule has 22 heavy (non-hydrogen) atoms. The van der Waals surface area contributed by atoms with Crippen LogP contribution in [0, 0.1) is 0 Å². The van der Waals surface area contributed by atoms with Crippen LogP contribution in [0.3, 0.4) is 0 Å². The zero-order chi connectivity index (χ0) is 15.0. The number of hydrogen-bond acceptors (Lipinski definition) is 1. The lowest BCUT2D eigenvalue weighted by Gasteiger charge is -2.18. The summed E-state index contributed by atoms with van der Waals surface area (Å²) < 4.78 is 0. The Hall–Kier alpha value is -0.520. The maximum Gasteiger partial charge on any atom is 0.279 e. The second-order valence-electron chi connectivity index (χ2n) is 5.15. The Bertz CT molecular complexity index is 411. The highest BCUT2D eigenvalue weighted by Crippen LogP contribution is 2.12. The van der Waals surface area contributed by atoms with Crippen molar-refractivity contribution in [3.05, 3.63) is 29.3 Å². The van der Waals surface area contributed by atoms with Crippen molar-refractivity contribution >= 4 is 23.2 Å². The van der Waals surface area contributed by atoms with Crippen molar-refractivity contribution in [2.24, 2.45) is 0 Å². The number of nitrogens with one attached hydrogen (secondary N) is 3. The summed E-state index contributed by atoms with van der Waals surface area (Å²) in [6.45, 7) is 9.27. The summed E-state index contributed by atoms with van der Waals surface area (Å²) >= 11 is 5.81. The van der Waals surface area contributed by atoms with Gasteiger partial charge in [0.05, 0.1) is 20.1 Å². The monoisotopic (exact) mass is 369 g/mol. The summed E-state index contributed by atoms with van der Waals surface area (Å²) in [5.74, 6) is 0.0411. The molecule has 1 aromatic rings. The fourth-order valence-electron chi connectivity index (χ4n) is 2.09. The van der Waals surface area contributed by atoms with E-state index in [1.54, 1.807) is 17.0 Å². The van der Waals surface area contributed by atoms with Crippen LogP contribution in [0.5, 0.6) is 0 Å². The van der Waals surface area contributed by atoms with Crippen LogP contribution in [0.1, 0.15) is 13.8 Å². The predicted octanol–water partition coefficient (Wildman–Crippen LogP) is -6.27. The smallest absolute Gasteiger partial charge is 0.279 e. The van der Waals surface area contributed by atoms with E-state index in [9.17, 15) is 4.79 Å². The van der Waals surface area contributed by atoms with Crippen molar-refractivity contribution in [1.82, 2.24) is 0 Å². The van der Waals surface area contributed by atoms with Crippen LogP contribution in [-0.4, -0.2) is 45.7 Å². The van der Waals surface area contributed by atoms with E-state index in [2.05, 4.69) is 26.2 Å². The first-order valence-corrected chi connectivity index (χ1v) is 7.63.